The van der Waals surface area contributed by atoms with Gasteiger partial charge in [-0.25, -0.2) is 9.98 Å². The molecule has 4 saturated carbocycles. The molecule has 9 nitrogen and oxygen atoms in total. The Morgan fingerprint density at radius 3 is 1.35 bits per heavy atom. The molecule has 4 fully saturated rings. The highest BCUT2D eigenvalue weighted by Gasteiger charge is 2.48. The van der Waals surface area contributed by atoms with E-state index in [1.54, 1.807) is 7.05 Å². The third-order valence-electron chi connectivity index (χ3n) is 9.12. The number of ketones is 4. The Hall–Kier alpha value is -3.44. The molecule has 3 heterocycles. The van der Waals surface area contributed by atoms with Crippen molar-refractivity contribution in [3.05, 3.63) is 12.1 Å². The molecule has 4 aliphatic rings. The molecule has 0 saturated heterocycles. The smallest absolute Gasteiger partial charge is 0.188 e. The molecule has 0 N–H and O–H groups in total. The lowest BCUT2D eigenvalue weighted by Gasteiger charge is -2.20. The van der Waals surface area contributed by atoms with Gasteiger partial charge in [-0.15, -0.1) is 22.7 Å². The number of fused-ring (bicyclic) bond motifs is 8. The molecule has 11 heteroatoms. The number of hydrogen-bond donors (Lipinski definition) is 0. The standard InChI is InChI=1S/C29H25N5O4S2/c1-34-32-20-16-10-18(30-22-24(35)12-6-2-3-7-13(12)25(22)36)39-28(16)29-17(21(20)33-34)11-19(40-29)31-23-26(37)14-8-4-5-9-15(14)27(23)38/h10-15H,2-9H2,1H3. The molecule has 8 rings (SSSR count). The molecular weight excluding hydrogens is 546 g/mol. The molecule has 4 atom stereocenters. The fraction of sp³-hybridized carbons (Fsp3) is 0.448. The van der Waals surface area contributed by atoms with Crippen molar-refractivity contribution in [2.45, 2.75) is 51.4 Å². The summed E-state index contributed by atoms with van der Waals surface area (Å²) in [5, 5.41) is 12.0. The van der Waals surface area contributed by atoms with Crippen LogP contribution in [-0.4, -0.2) is 49.6 Å². The lowest BCUT2D eigenvalue weighted by molar-refractivity contribution is -0.120. The van der Waals surface area contributed by atoms with Crippen LogP contribution in [0.4, 0.5) is 10.0 Å². The summed E-state index contributed by atoms with van der Waals surface area (Å²) in [4.78, 5) is 63.0. The second kappa shape index (κ2) is 8.78. The third-order valence-corrected chi connectivity index (χ3v) is 11.3. The molecule has 4 aromatic rings. The number of aliphatic imine (C=N–C) groups is 2. The molecule has 202 valence electrons. The molecule has 4 aliphatic carbocycles. The van der Waals surface area contributed by atoms with Crippen LogP contribution >= 0.6 is 22.7 Å². The number of carbonyl (C=O) groups excluding carboxylic acids is 4. The van der Waals surface area contributed by atoms with Crippen molar-refractivity contribution in [1.82, 2.24) is 15.0 Å². The highest BCUT2D eigenvalue weighted by atomic mass is 32.1. The Morgan fingerprint density at radius 2 is 1.00 bits per heavy atom. The largest absolute Gasteiger partial charge is 0.292 e. The van der Waals surface area contributed by atoms with E-state index < -0.39 is 0 Å². The summed E-state index contributed by atoms with van der Waals surface area (Å²) in [6.45, 7) is 0. The van der Waals surface area contributed by atoms with Crippen molar-refractivity contribution in [1.29, 1.82) is 0 Å². The number of nitrogens with zero attached hydrogens (tertiary/aromatic N) is 5. The summed E-state index contributed by atoms with van der Waals surface area (Å²) in [6, 6.07) is 3.76. The maximum absolute atomic E-state index is 13.1. The van der Waals surface area contributed by atoms with Gasteiger partial charge in [0.1, 0.15) is 21.0 Å². The van der Waals surface area contributed by atoms with Crippen LogP contribution in [0.2, 0.25) is 0 Å². The van der Waals surface area contributed by atoms with Crippen molar-refractivity contribution in [3.63, 3.8) is 0 Å². The van der Waals surface area contributed by atoms with Crippen LogP contribution < -0.4 is 0 Å². The van der Waals surface area contributed by atoms with Crippen molar-refractivity contribution in [2.24, 2.45) is 40.7 Å². The first-order valence-electron chi connectivity index (χ1n) is 13.9. The van der Waals surface area contributed by atoms with Gasteiger partial charge in [-0.1, -0.05) is 25.7 Å². The summed E-state index contributed by atoms with van der Waals surface area (Å²) >= 11 is 2.82. The monoisotopic (exact) mass is 571 g/mol. The zero-order valence-electron chi connectivity index (χ0n) is 21.8. The average molecular weight is 572 g/mol. The summed E-state index contributed by atoms with van der Waals surface area (Å²) in [7, 11) is 1.76. The number of aryl methyl sites for hydroxylation is 1. The van der Waals surface area contributed by atoms with Gasteiger partial charge in [-0.3, -0.25) is 19.2 Å². The first-order valence-corrected chi connectivity index (χ1v) is 15.6. The minimum Gasteiger partial charge on any atom is -0.292 e. The highest BCUT2D eigenvalue weighted by molar-refractivity contribution is 7.30. The number of carbonyl (C=O) groups is 4. The van der Waals surface area contributed by atoms with Crippen molar-refractivity contribution < 1.29 is 19.2 Å². The normalized spacial score (nSPS) is 26.9. The molecule has 0 spiro atoms. The Kier molecular flexibility index (Phi) is 5.35. The van der Waals surface area contributed by atoms with Crippen molar-refractivity contribution >= 4 is 98.4 Å². The molecule has 0 bridgehead atoms. The van der Waals surface area contributed by atoms with E-state index in [0.29, 0.717) is 21.0 Å². The van der Waals surface area contributed by atoms with Gasteiger partial charge < -0.3 is 0 Å². The fourth-order valence-corrected chi connectivity index (χ4v) is 9.46. The Labute approximate surface area is 236 Å². The highest BCUT2D eigenvalue weighted by Crippen LogP contribution is 2.47. The van der Waals surface area contributed by atoms with Gasteiger partial charge in [0.15, 0.2) is 34.6 Å². The number of Topliss-reactive ketones (excluding diaryl/α,β-unsaturated/α-hetero) is 4. The minimum atomic E-state index is -0.225. The topological polar surface area (TPSA) is 124 Å². The molecular formula is C29H25N5O4S2. The second-order valence-electron chi connectivity index (χ2n) is 11.4. The van der Waals surface area contributed by atoms with Gasteiger partial charge in [0, 0.05) is 41.5 Å². The molecule has 3 aromatic heterocycles. The number of hydrogen-bond acceptors (Lipinski definition) is 10. The van der Waals surface area contributed by atoms with Crippen LogP contribution in [-0.2, 0) is 26.2 Å². The Balaban J connectivity index is 1.27. The Bertz CT molecular complexity index is 1710. The van der Waals surface area contributed by atoms with Gasteiger partial charge in [0.25, 0.3) is 0 Å². The number of benzene rings is 1. The first-order chi connectivity index (χ1) is 19.4. The SMILES string of the molecule is Cn1nc2c3cc(N=C4C(=O)C5CCCCC5C4=O)sc3c3sc(N=C4C(=O)C5CCCCC5C4=O)cc3c2n1. The Morgan fingerprint density at radius 1 is 0.650 bits per heavy atom. The van der Waals surface area contributed by atoms with E-state index in [1.807, 2.05) is 12.1 Å². The lowest BCUT2D eigenvalue weighted by atomic mass is 9.81. The molecule has 40 heavy (non-hydrogen) atoms. The van der Waals surface area contributed by atoms with Crippen LogP contribution in [0.5, 0.6) is 0 Å². The van der Waals surface area contributed by atoms with Gasteiger partial charge in [0.2, 0.25) is 0 Å². The quantitative estimate of drug-likeness (QED) is 0.315. The molecule has 0 radical (unpaired) electrons. The van der Waals surface area contributed by atoms with E-state index in [9.17, 15) is 19.2 Å². The van der Waals surface area contributed by atoms with Gasteiger partial charge in [-0.2, -0.15) is 15.0 Å². The molecule has 0 aliphatic heterocycles. The van der Waals surface area contributed by atoms with Crippen molar-refractivity contribution in [3.8, 4) is 0 Å². The van der Waals surface area contributed by atoms with E-state index in [2.05, 4.69) is 20.2 Å². The van der Waals surface area contributed by atoms with E-state index in [0.717, 1.165) is 71.5 Å². The van der Waals surface area contributed by atoms with Crippen LogP contribution in [0.15, 0.2) is 22.1 Å². The molecule has 1 aromatic carbocycles. The number of aromatic nitrogens is 3. The second-order valence-corrected chi connectivity index (χ2v) is 13.5. The van der Waals surface area contributed by atoms with Crippen LogP contribution in [0, 0.1) is 23.7 Å². The van der Waals surface area contributed by atoms with Crippen LogP contribution in [0.25, 0.3) is 31.2 Å². The maximum atomic E-state index is 13.1. The van der Waals surface area contributed by atoms with Gasteiger partial charge in [0.05, 0.1) is 9.40 Å². The fourth-order valence-electron chi connectivity index (χ4n) is 7.23. The zero-order valence-corrected chi connectivity index (χ0v) is 23.4. The predicted octanol–water partition coefficient (Wildman–Crippen LogP) is 5.46. The van der Waals surface area contributed by atoms with E-state index in [1.165, 1.54) is 27.5 Å². The average Bonchev–Trinajstić information content (AvgIpc) is 3.75. The van der Waals surface area contributed by atoms with Crippen molar-refractivity contribution in [2.75, 3.05) is 0 Å². The van der Waals surface area contributed by atoms with E-state index in [-0.39, 0.29) is 58.2 Å². The van der Waals surface area contributed by atoms with Crippen LogP contribution in [0.3, 0.4) is 0 Å². The van der Waals surface area contributed by atoms with Gasteiger partial charge in [-0.05, 0) is 37.8 Å². The number of thiophene rings is 2. The summed E-state index contributed by atoms with van der Waals surface area (Å²) in [5.41, 5.74) is 1.55. The van der Waals surface area contributed by atoms with E-state index in [4.69, 9.17) is 0 Å². The van der Waals surface area contributed by atoms with Crippen LogP contribution in [0.1, 0.15) is 51.4 Å². The van der Waals surface area contributed by atoms with E-state index >= 15 is 0 Å². The zero-order chi connectivity index (χ0) is 27.3. The summed E-state index contributed by atoms with van der Waals surface area (Å²) in [6.07, 6.45) is 6.93. The lowest BCUT2D eigenvalue weighted by Crippen LogP contribution is -2.21. The summed E-state index contributed by atoms with van der Waals surface area (Å²) in [5.74, 6) is -1.39. The van der Waals surface area contributed by atoms with Gasteiger partial charge >= 0.3 is 0 Å². The molecule has 4 unspecified atom stereocenters. The third kappa shape index (κ3) is 3.43. The first kappa shape index (κ1) is 24.4. The molecule has 0 amide bonds. The summed E-state index contributed by atoms with van der Waals surface area (Å²) < 4.78 is 1.82. The predicted molar refractivity (Wildman–Crippen MR) is 154 cm³/mol. The minimum absolute atomic E-state index is 0.0769. The number of rotatable bonds is 2. The maximum Gasteiger partial charge on any atom is 0.188 e.